The molecule has 3 nitrogen and oxygen atoms in total. The zero-order valence-corrected chi connectivity index (χ0v) is 9.92. The van der Waals surface area contributed by atoms with Gasteiger partial charge in [-0.3, -0.25) is 4.40 Å². The second kappa shape index (κ2) is 3.72. The summed E-state index contributed by atoms with van der Waals surface area (Å²) in [6, 6.07) is 12.0. The summed E-state index contributed by atoms with van der Waals surface area (Å²) in [5.74, 6) is 0.899. The standard InChI is InChI=1S/C12H8BrN3/c13-10-12-14-7-4-8-16(12)11(15-10)9-5-2-1-3-6-9/h1-8H. The maximum absolute atomic E-state index is 4.48. The highest BCUT2D eigenvalue weighted by molar-refractivity contribution is 9.10. The van der Waals surface area contributed by atoms with Gasteiger partial charge in [-0.2, -0.15) is 0 Å². The Morgan fingerprint density at radius 2 is 1.88 bits per heavy atom. The van der Waals surface area contributed by atoms with Crippen LogP contribution in [0.4, 0.5) is 0 Å². The Balaban J connectivity index is 2.33. The number of benzene rings is 1. The van der Waals surface area contributed by atoms with Gasteiger partial charge in [0.25, 0.3) is 0 Å². The first-order valence-corrected chi connectivity index (χ1v) is 5.69. The molecule has 3 rings (SSSR count). The van der Waals surface area contributed by atoms with E-state index in [0.29, 0.717) is 0 Å². The van der Waals surface area contributed by atoms with E-state index in [2.05, 4.69) is 25.9 Å². The Labute approximate surface area is 101 Å². The highest BCUT2D eigenvalue weighted by atomic mass is 79.9. The molecular formula is C12H8BrN3. The van der Waals surface area contributed by atoms with Gasteiger partial charge in [0.1, 0.15) is 5.82 Å². The van der Waals surface area contributed by atoms with Gasteiger partial charge in [0, 0.05) is 18.0 Å². The van der Waals surface area contributed by atoms with Crippen LogP contribution in [0.5, 0.6) is 0 Å². The number of halogens is 1. The molecule has 78 valence electrons. The third-order valence-corrected chi connectivity index (χ3v) is 2.93. The van der Waals surface area contributed by atoms with Crippen molar-refractivity contribution in [3.8, 4) is 11.4 Å². The molecule has 0 aliphatic heterocycles. The number of rotatable bonds is 1. The Bertz CT molecular complexity index is 631. The van der Waals surface area contributed by atoms with Gasteiger partial charge in [-0.15, -0.1) is 0 Å². The Kier molecular flexibility index (Phi) is 2.22. The SMILES string of the molecule is Brc1nc(-c2ccccc2)n2cccnc12. The molecule has 1 aromatic carbocycles. The summed E-state index contributed by atoms with van der Waals surface area (Å²) in [4.78, 5) is 8.76. The quantitative estimate of drug-likeness (QED) is 0.682. The summed E-state index contributed by atoms with van der Waals surface area (Å²) >= 11 is 3.42. The fourth-order valence-electron chi connectivity index (χ4n) is 1.68. The van der Waals surface area contributed by atoms with Crippen molar-refractivity contribution in [2.24, 2.45) is 0 Å². The molecule has 0 bridgehead atoms. The van der Waals surface area contributed by atoms with E-state index < -0.39 is 0 Å². The van der Waals surface area contributed by atoms with Crippen molar-refractivity contribution in [2.75, 3.05) is 0 Å². The summed E-state index contributed by atoms with van der Waals surface area (Å²) < 4.78 is 2.74. The average Bonchev–Trinajstić information content (AvgIpc) is 2.69. The monoisotopic (exact) mass is 273 g/mol. The predicted octanol–water partition coefficient (Wildman–Crippen LogP) is 3.16. The molecule has 0 saturated heterocycles. The lowest BCUT2D eigenvalue weighted by Crippen LogP contribution is -1.89. The van der Waals surface area contributed by atoms with Crippen LogP contribution in [0.2, 0.25) is 0 Å². The number of imidazole rings is 1. The molecule has 0 N–H and O–H groups in total. The van der Waals surface area contributed by atoms with Crippen LogP contribution in [-0.2, 0) is 0 Å². The molecule has 0 unspecified atom stereocenters. The molecule has 0 radical (unpaired) electrons. The number of hydrogen-bond acceptors (Lipinski definition) is 2. The van der Waals surface area contributed by atoms with Crippen molar-refractivity contribution in [1.29, 1.82) is 0 Å². The lowest BCUT2D eigenvalue weighted by atomic mass is 10.2. The molecule has 0 saturated carbocycles. The van der Waals surface area contributed by atoms with Crippen LogP contribution in [0.25, 0.3) is 17.0 Å². The summed E-state index contributed by atoms with van der Waals surface area (Å²) in [6.07, 6.45) is 3.72. The fourth-order valence-corrected chi connectivity index (χ4v) is 2.14. The van der Waals surface area contributed by atoms with E-state index in [-0.39, 0.29) is 0 Å². The lowest BCUT2D eigenvalue weighted by Gasteiger charge is -1.99. The van der Waals surface area contributed by atoms with Crippen molar-refractivity contribution in [2.45, 2.75) is 0 Å². The first-order chi connectivity index (χ1) is 7.86. The first-order valence-electron chi connectivity index (χ1n) is 4.90. The highest BCUT2D eigenvalue weighted by Gasteiger charge is 2.10. The van der Waals surface area contributed by atoms with Crippen LogP contribution in [0, 0.1) is 0 Å². The minimum atomic E-state index is 0.770. The van der Waals surface area contributed by atoms with Crippen LogP contribution in [0.1, 0.15) is 0 Å². The summed E-state index contributed by atoms with van der Waals surface area (Å²) in [5.41, 5.74) is 1.91. The van der Waals surface area contributed by atoms with Crippen LogP contribution in [0.15, 0.2) is 53.4 Å². The lowest BCUT2D eigenvalue weighted by molar-refractivity contribution is 1.12. The van der Waals surface area contributed by atoms with Crippen molar-refractivity contribution in [3.63, 3.8) is 0 Å². The molecular weight excluding hydrogens is 266 g/mol. The summed E-state index contributed by atoms with van der Waals surface area (Å²) in [5, 5.41) is 0. The largest absolute Gasteiger partial charge is 0.283 e. The molecule has 0 amide bonds. The number of nitrogens with zero attached hydrogens (tertiary/aromatic N) is 3. The molecule has 2 heterocycles. The van der Waals surface area contributed by atoms with E-state index in [4.69, 9.17) is 0 Å². The van der Waals surface area contributed by atoms with Gasteiger partial charge in [-0.25, -0.2) is 9.97 Å². The first kappa shape index (κ1) is 9.54. The molecule has 0 atom stereocenters. The van der Waals surface area contributed by atoms with Gasteiger partial charge in [0.05, 0.1) is 0 Å². The van der Waals surface area contributed by atoms with Crippen molar-refractivity contribution in [1.82, 2.24) is 14.4 Å². The minimum Gasteiger partial charge on any atom is -0.283 e. The van der Waals surface area contributed by atoms with Gasteiger partial charge >= 0.3 is 0 Å². The van der Waals surface area contributed by atoms with E-state index in [9.17, 15) is 0 Å². The average molecular weight is 274 g/mol. The number of hydrogen-bond donors (Lipinski definition) is 0. The maximum Gasteiger partial charge on any atom is 0.171 e. The van der Waals surface area contributed by atoms with E-state index in [1.54, 1.807) is 6.20 Å². The van der Waals surface area contributed by atoms with E-state index >= 15 is 0 Å². The van der Waals surface area contributed by atoms with Crippen molar-refractivity contribution >= 4 is 21.6 Å². The minimum absolute atomic E-state index is 0.770. The fraction of sp³-hybridized carbons (Fsp3) is 0. The zero-order chi connectivity index (χ0) is 11.0. The molecule has 3 aromatic rings. The van der Waals surface area contributed by atoms with Crippen molar-refractivity contribution in [3.05, 3.63) is 53.4 Å². The van der Waals surface area contributed by atoms with Crippen molar-refractivity contribution < 1.29 is 0 Å². The molecule has 4 heteroatoms. The maximum atomic E-state index is 4.48. The molecule has 0 aliphatic rings. The van der Waals surface area contributed by atoms with Crippen LogP contribution < -0.4 is 0 Å². The van der Waals surface area contributed by atoms with Gasteiger partial charge < -0.3 is 0 Å². The number of fused-ring (bicyclic) bond motifs is 1. The van der Waals surface area contributed by atoms with Gasteiger partial charge in [-0.05, 0) is 22.0 Å². The second-order valence-corrected chi connectivity index (χ2v) is 4.16. The third-order valence-electron chi connectivity index (χ3n) is 2.39. The number of aromatic nitrogens is 3. The van der Waals surface area contributed by atoms with Crippen LogP contribution in [0.3, 0.4) is 0 Å². The molecule has 0 spiro atoms. The Morgan fingerprint density at radius 3 is 2.69 bits per heavy atom. The van der Waals surface area contributed by atoms with Gasteiger partial charge in [0.15, 0.2) is 10.3 Å². The molecule has 0 aliphatic carbocycles. The van der Waals surface area contributed by atoms with E-state index in [1.807, 2.05) is 47.0 Å². The normalized spacial score (nSPS) is 10.8. The Morgan fingerprint density at radius 1 is 1.06 bits per heavy atom. The van der Waals surface area contributed by atoms with Gasteiger partial charge in [0.2, 0.25) is 0 Å². The summed E-state index contributed by atoms with van der Waals surface area (Å²) in [6.45, 7) is 0. The molecule has 2 aromatic heterocycles. The third kappa shape index (κ3) is 1.42. The topological polar surface area (TPSA) is 30.2 Å². The van der Waals surface area contributed by atoms with Gasteiger partial charge in [-0.1, -0.05) is 30.3 Å². The van der Waals surface area contributed by atoms with Crippen LogP contribution in [-0.4, -0.2) is 14.4 Å². The second-order valence-electron chi connectivity index (χ2n) is 3.41. The molecule has 16 heavy (non-hydrogen) atoms. The summed E-state index contributed by atoms with van der Waals surface area (Å²) in [7, 11) is 0. The zero-order valence-electron chi connectivity index (χ0n) is 8.34. The highest BCUT2D eigenvalue weighted by Crippen LogP contribution is 2.24. The van der Waals surface area contributed by atoms with Crippen LogP contribution >= 0.6 is 15.9 Å². The Hall–Kier alpha value is -1.68. The smallest absolute Gasteiger partial charge is 0.171 e. The van der Waals surface area contributed by atoms with E-state index in [1.165, 1.54) is 0 Å². The predicted molar refractivity (Wildman–Crippen MR) is 66.1 cm³/mol. The van der Waals surface area contributed by atoms with E-state index in [0.717, 1.165) is 21.6 Å². The molecule has 0 fully saturated rings.